The van der Waals surface area contributed by atoms with Crippen LogP contribution in [0.3, 0.4) is 0 Å². The fraction of sp³-hybridized carbons (Fsp3) is 0.136. The summed E-state index contributed by atoms with van der Waals surface area (Å²) >= 11 is 1.69. The zero-order valence-electron chi connectivity index (χ0n) is 16.2. The van der Waals surface area contributed by atoms with E-state index in [9.17, 15) is 4.79 Å². The van der Waals surface area contributed by atoms with Gasteiger partial charge >= 0.3 is 11.9 Å². The van der Waals surface area contributed by atoms with Gasteiger partial charge in [-0.05, 0) is 30.0 Å². The van der Waals surface area contributed by atoms with E-state index in [4.69, 9.17) is 19.8 Å². The summed E-state index contributed by atoms with van der Waals surface area (Å²) in [6.07, 6.45) is 0. The largest absolute Gasteiger partial charge is 0.473 e. The second-order valence-corrected chi connectivity index (χ2v) is 7.23. The Kier molecular flexibility index (Phi) is 8.74. The number of para-hydroxylation sites is 1. The molecule has 1 unspecified atom stereocenters. The van der Waals surface area contributed by atoms with Crippen LogP contribution in [0.1, 0.15) is 11.8 Å². The van der Waals surface area contributed by atoms with Gasteiger partial charge in [0.15, 0.2) is 0 Å². The third-order valence-electron chi connectivity index (χ3n) is 4.01. The second kappa shape index (κ2) is 11.5. The number of rotatable bonds is 6. The van der Waals surface area contributed by atoms with Crippen LogP contribution in [0, 0.1) is 0 Å². The molecule has 0 saturated carbocycles. The van der Waals surface area contributed by atoms with Crippen molar-refractivity contribution >= 4 is 34.9 Å². The number of hydrogen-bond acceptors (Lipinski definition) is 5. The number of carbonyl (C=O) groups is 3. The van der Waals surface area contributed by atoms with E-state index in [2.05, 4.69) is 16.7 Å². The van der Waals surface area contributed by atoms with Crippen molar-refractivity contribution in [2.75, 3.05) is 5.32 Å². The molecule has 8 heteroatoms. The Hall–Kier alpha value is -3.49. The summed E-state index contributed by atoms with van der Waals surface area (Å²) in [5.41, 5.74) is 2.95. The van der Waals surface area contributed by atoms with Crippen molar-refractivity contribution in [1.82, 2.24) is 5.32 Å². The lowest BCUT2D eigenvalue weighted by Crippen LogP contribution is -2.37. The molecule has 7 nitrogen and oxygen atoms in total. The normalized spacial score (nSPS) is 11.0. The molecule has 0 spiro atoms. The lowest BCUT2D eigenvalue weighted by atomic mass is 10.0. The third kappa shape index (κ3) is 7.16. The number of carboxylic acids is 2. The van der Waals surface area contributed by atoms with E-state index in [0.29, 0.717) is 6.54 Å². The lowest BCUT2D eigenvalue weighted by Gasteiger charge is -2.16. The highest BCUT2D eigenvalue weighted by atomic mass is 32.1. The highest BCUT2D eigenvalue weighted by Gasteiger charge is 2.14. The number of thiophene rings is 1. The summed E-state index contributed by atoms with van der Waals surface area (Å²) in [7, 11) is 0. The molecule has 0 aliphatic carbocycles. The fourth-order valence-electron chi connectivity index (χ4n) is 2.46. The number of benzene rings is 2. The zero-order valence-corrected chi connectivity index (χ0v) is 17.1. The van der Waals surface area contributed by atoms with Gasteiger partial charge in [0, 0.05) is 22.7 Å². The van der Waals surface area contributed by atoms with Crippen LogP contribution in [0.25, 0.3) is 11.1 Å². The number of amides is 1. The predicted octanol–water partition coefficient (Wildman–Crippen LogP) is 3.69. The molecule has 3 rings (SSSR count). The van der Waals surface area contributed by atoms with Crippen LogP contribution in [0.5, 0.6) is 0 Å². The SMILES string of the molecule is CC(NCc1cccs1)C(=O)Nc1ccccc1-c1ccccc1.O=C(O)C(=O)O. The quantitative estimate of drug-likeness (QED) is 0.447. The Balaban J connectivity index is 0.000000469. The van der Waals surface area contributed by atoms with Crippen LogP contribution in [0.4, 0.5) is 5.69 Å². The number of hydrogen-bond donors (Lipinski definition) is 4. The second-order valence-electron chi connectivity index (χ2n) is 6.19. The summed E-state index contributed by atoms with van der Waals surface area (Å²) < 4.78 is 0. The van der Waals surface area contributed by atoms with Gasteiger partial charge in [-0.3, -0.25) is 4.79 Å². The molecular formula is C22H22N2O5S. The standard InChI is InChI=1S/C20H20N2OS.C2H2O4/c1-15(21-14-17-10-7-13-24-17)20(23)22-19-12-6-5-11-18(19)16-8-3-2-4-9-16;3-1(4)2(5)6/h2-13,15,21H,14H2,1H3,(H,22,23);(H,3,4)(H,5,6). The molecule has 1 aromatic heterocycles. The molecule has 30 heavy (non-hydrogen) atoms. The van der Waals surface area contributed by atoms with E-state index in [1.807, 2.05) is 73.0 Å². The van der Waals surface area contributed by atoms with Crippen LogP contribution < -0.4 is 10.6 Å². The Morgan fingerprint density at radius 2 is 1.53 bits per heavy atom. The van der Waals surface area contributed by atoms with Gasteiger partial charge in [0.05, 0.1) is 6.04 Å². The highest BCUT2D eigenvalue weighted by Crippen LogP contribution is 2.27. The first-order chi connectivity index (χ1) is 14.4. The van der Waals surface area contributed by atoms with Gasteiger partial charge in [-0.1, -0.05) is 54.6 Å². The molecular weight excluding hydrogens is 404 g/mol. The van der Waals surface area contributed by atoms with Gasteiger partial charge < -0.3 is 20.8 Å². The maximum Gasteiger partial charge on any atom is 0.414 e. The maximum atomic E-state index is 12.5. The van der Waals surface area contributed by atoms with Crippen molar-refractivity contribution in [2.45, 2.75) is 19.5 Å². The van der Waals surface area contributed by atoms with Gasteiger partial charge in [0.2, 0.25) is 5.91 Å². The fourth-order valence-corrected chi connectivity index (χ4v) is 3.12. The minimum Gasteiger partial charge on any atom is -0.473 e. The first kappa shape index (κ1) is 22.8. The molecule has 156 valence electrons. The minimum absolute atomic E-state index is 0.0325. The Morgan fingerprint density at radius 3 is 2.13 bits per heavy atom. The first-order valence-electron chi connectivity index (χ1n) is 9.05. The molecule has 0 bridgehead atoms. The monoisotopic (exact) mass is 426 g/mol. The summed E-state index contributed by atoms with van der Waals surface area (Å²) in [5, 5.41) is 23.1. The summed E-state index contributed by atoms with van der Waals surface area (Å²) in [4.78, 5) is 31.9. The number of carboxylic acid groups (broad SMARTS) is 2. The van der Waals surface area contributed by atoms with Crippen molar-refractivity contribution in [1.29, 1.82) is 0 Å². The topological polar surface area (TPSA) is 116 Å². The third-order valence-corrected chi connectivity index (χ3v) is 4.88. The molecule has 0 radical (unpaired) electrons. The van der Waals surface area contributed by atoms with Crippen molar-refractivity contribution in [2.24, 2.45) is 0 Å². The minimum atomic E-state index is -1.82. The lowest BCUT2D eigenvalue weighted by molar-refractivity contribution is -0.159. The van der Waals surface area contributed by atoms with Crippen LogP contribution in [-0.4, -0.2) is 34.1 Å². The Morgan fingerprint density at radius 1 is 0.900 bits per heavy atom. The van der Waals surface area contributed by atoms with Crippen molar-refractivity contribution < 1.29 is 24.6 Å². The van der Waals surface area contributed by atoms with Gasteiger partial charge in [-0.2, -0.15) is 0 Å². The van der Waals surface area contributed by atoms with Crippen LogP contribution in [0.2, 0.25) is 0 Å². The smallest absolute Gasteiger partial charge is 0.414 e. The van der Waals surface area contributed by atoms with E-state index in [1.165, 1.54) is 4.88 Å². The molecule has 1 atom stereocenters. The van der Waals surface area contributed by atoms with Crippen LogP contribution >= 0.6 is 11.3 Å². The molecule has 0 fully saturated rings. The molecule has 0 aliphatic heterocycles. The van der Waals surface area contributed by atoms with Gasteiger partial charge in [-0.15, -0.1) is 11.3 Å². The molecule has 3 aromatic rings. The number of aliphatic carboxylic acids is 2. The van der Waals surface area contributed by atoms with E-state index in [-0.39, 0.29) is 11.9 Å². The van der Waals surface area contributed by atoms with E-state index < -0.39 is 11.9 Å². The Bertz CT molecular complexity index is 962. The van der Waals surface area contributed by atoms with E-state index >= 15 is 0 Å². The van der Waals surface area contributed by atoms with Crippen LogP contribution in [-0.2, 0) is 20.9 Å². The van der Waals surface area contributed by atoms with Crippen molar-refractivity contribution in [3.8, 4) is 11.1 Å². The highest BCUT2D eigenvalue weighted by molar-refractivity contribution is 7.09. The molecule has 0 saturated heterocycles. The van der Waals surface area contributed by atoms with Crippen molar-refractivity contribution in [3.63, 3.8) is 0 Å². The van der Waals surface area contributed by atoms with E-state index in [1.54, 1.807) is 11.3 Å². The molecule has 2 aromatic carbocycles. The van der Waals surface area contributed by atoms with Crippen molar-refractivity contribution in [3.05, 3.63) is 77.0 Å². The first-order valence-corrected chi connectivity index (χ1v) is 9.93. The summed E-state index contributed by atoms with van der Waals surface area (Å²) in [5.74, 6) is -3.68. The number of nitrogens with one attached hydrogen (secondary N) is 2. The average Bonchev–Trinajstić information content (AvgIpc) is 3.27. The predicted molar refractivity (Wildman–Crippen MR) is 116 cm³/mol. The van der Waals surface area contributed by atoms with Crippen LogP contribution in [0.15, 0.2) is 72.1 Å². The maximum absolute atomic E-state index is 12.5. The van der Waals surface area contributed by atoms with Gasteiger partial charge in [-0.25, -0.2) is 9.59 Å². The number of carbonyl (C=O) groups excluding carboxylic acids is 1. The molecule has 1 heterocycles. The summed E-state index contributed by atoms with van der Waals surface area (Å²) in [6.45, 7) is 2.58. The molecule has 1 amide bonds. The molecule has 4 N–H and O–H groups in total. The average molecular weight is 426 g/mol. The zero-order chi connectivity index (χ0) is 21.9. The van der Waals surface area contributed by atoms with Gasteiger partial charge in [0.1, 0.15) is 0 Å². The Labute approximate surface area is 178 Å². The molecule has 0 aliphatic rings. The van der Waals surface area contributed by atoms with Gasteiger partial charge in [0.25, 0.3) is 0 Å². The van der Waals surface area contributed by atoms with E-state index in [0.717, 1.165) is 16.8 Å². The number of anilines is 1. The summed E-state index contributed by atoms with van der Waals surface area (Å²) in [6, 6.07) is 21.8.